The van der Waals surface area contributed by atoms with Gasteiger partial charge in [-0.15, -0.1) is 0 Å². The van der Waals surface area contributed by atoms with Crippen molar-refractivity contribution in [2.45, 2.75) is 312 Å². The van der Waals surface area contributed by atoms with E-state index in [4.69, 9.17) is 11.5 Å². The van der Waals surface area contributed by atoms with E-state index in [1.54, 1.807) is 113 Å². The van der Waals surface area contributed by atoms with Crippen molar-refractivity contribution in [3.63, 3.8) is 0 Å². The lowest BCUT2D eigenvalue weighted by molar-refractivity contribution is -0.143. The van der Waals surface area contributed by atoms with E-state index in [2.05, 4.69) is 121 Å². The number of aromatic amines is 2. The summed E-state index contributed by atoms with van der Waals surface area (Å²) in [7, 11) is 0. The van der Waals surface area contributed by atoms with E-state index in [1.165, 1.54) is 64.6 Å². The first-order chi connectivity index (χ1) is 69.0. The number of hydrogen-bond donors (Lipinski definition) is 25. The number of aliphatic hydroxyl groups is 2. The Morgan fingerprint density at radius 2 is 0.680 bits per heavy atom. The average Bonchev–Trinajstić information content (AvgIpc) is 1.70. The molecule has 49 nitrogen and oxygen atoms in total. The van der Waals surface area contributed by atoms with E-state index in [0.717, 1.165) is 0 Å². The molecule has 0 bridgehead atoms. The number of hydrogen-bond acceptors (Lipinski definition) is 26. The fourth-order valence-corrected chi connectivity index (χ4v) is 15.8. The number of primary amides is 1. The van der Waals surface area contributed by atoms with Crippen LogP contribution in [0.4, 0.5) is 0 Å². The minimum absolute atomic E-state index is 0.0261. The first-order valence-corrected chi connectivity index (χ1v) is 50.2. The molecule has 3 aromatic rings. The molecule has 0 spiro atoms. The summed E-state index contributed by atoms with van der Waals surface area (Å²) < 4.78 is 0. The van der Waals surface area contributed by atoms with Crippen molar-refractivity contribution in [3.05, 3.63) is 72.3 Å². The summed E-state index contributed by atoms with van der Waals surface area (Å²) in [6.45, 7) is 30.5. The second-order valence-corrected chi connectivity index (χ2v) is 40.6. The fraction of sp³-hybridized carbons (Fsp3) is 0.663. The summed E-state index contributed by atoms with van der Waals surface area (Å²) in [5.74, 6) is -22.2. The molecule has 1 aromatic carbocycles. The number of nitrogens with zero attached hydrogens (tertiary/aromatic N) is 3. The van der Waals surface area contributed by atoms with Gasteiger partial charge in [-0.2, -0.15) is 0 Å². The normalized spacial score (nSPS) is 16.0. The van der Waals surface area contributed by atoms with E-state index in [0.29, 0.717) is 29.8 Å². The zero-order valence-corrected chi connectivity index (χ0v) is 88.3. The molecule has 147 heavy (non-hydrogen) atoms. The molecule has 1 aliphatic rings. The van der Waals surface area contributed by atoms with Crippen LogP contribution in [-0.2, 0) is 120 Å². The third kappa shape index (κ3) is 42.8. The molecule has 4 rings (SSSR count). The number of nitrogens with two attached hydrogens (primary N) is 2. The van der Waals surface area contributed by atoms with E-state index in [1.807, 2.05) is 27.7 Å². The second-order valence-electron chi connectivity index (χ2n) is 40.6. The van der Waals surface area contributed by atoms with Gasteiger partial charge in [-0.3, -0.25) is 101 Å². The van der Waals surface area contributed by atoms with E-state index >= 15 is 0 Å². The largest absolute Gasteiger partial charge is 0.394 e. The minimum atomic E-state index is -1.83. The quantitative estimate of drug-likeness (QED) is 0.0252. The Bertz CT molecular complexity index is 4880. The van der Waals surface area contributed by atoms with Crippen LogP contribution in [0.5, 0.6) is 0 Å². The van der Waals surface area contributed by atoms with Gasteiger partial charge in [0.15, 0.2) is 0 Å². The summed E-state index contributed by atoms with van der Waals surface area (Å²) in [6.07, 6.45) is 6.37. The number of aromatic nitrogens is 4. The van der Waals surface area contributed by atoms with Gasteiger partial charge in [-0.1, -0.05) is 175 Å². The molecule has 18 atom stereocenters. The van der Waals surface area contributed by atoms with E-state index in [9.17, 15) is 111 Å². The number of benzene rings is 1. The standard InChI is InChI=1S/C98H160N26O23/c1-22-57(20)81(97(146)120-76(52(10)11)93(142)105-43-74(129)111-67(36-60-39-101-46-106-60)88(137)113-62(82(100)131)35-59-27-24-23-25-28-59)123-83(132)58(21)108-92(141)71-29-26-30-124(71)98(147)80(56(18)19)122-96(145)79(55(16)17)118-89(138)68(37-61-40-102-47-107-61)116-90(139)70(45-126)117-94(143)77(53(12)13)121-95(144)78(54(14)15)119-91(140)69(44-125)112-75(130)42-104-85(134)64(32-49(4)5)115-87(136)66(34-51(8)9)110-73(128)41-103-84(133)63(31-48(2)3)114-86(135)65(33-50(6)7)109-72(127)38-99/h23-25,27-28,39-40,46-58,62-71,76-81,125-126H,22,26,29-38,41-45,99H2,1-21H3,(H2,100,131)(H,101,106)(H,102,107)(H,103,133)(H,104,134)(H,105,142)(H,108,141)(H,109,127)(H,110,128)(H,111,129)(H,112,130)(H,113,137)(H,114,135)(H,115,136)(H,116,139)(H,117,143)(H,118,138)(H,119,140)(H,120,146)(H,121,144)(H,122,145)(H,123,132)/t57-,58-,62-,63-,64-,65-,66-,67-,68-,69-,70-,71-,76-,77-,78-,79-,80-,81-/m0/s1. The molecule has 49 heteroatoms. The lowest BCUT2D eigenvalue weighted by Gasteiger charge is -2.33. The Balaban J connectivity index is 1.39. The van der Waals surface area contributed by atoms with Crippen molar-refractivity contribution in [2.75, 3.05) is 45.9 Å². The molecular formula is C98H160N26O23. The van der Waals surface area contributed by atoms with Crippen LogP contribution < -0.4 is 112 Å². The van der Waals surface area contributed by atoms with E-state index in [-0.39, 0.29) is 88.1 Å². The Kier molecular flexibility index (Phi) is 53.3. The number of imidazole rings is 2. The molecule has 1 saturated heterocycles. The van der Waals surface area contributed by atoms with Gasteiger partial charge in [0.1, 0.15) is 103 Å². The maximum atomic E-state index is 14.8. The first kappa shape index (κ1) is 126. The summed E-state index contributed by atoms with van der Waals surface area (Å²) in [5.41, 5.74) is 12.6. The third-order valence-electron chi connectivity index (χ3n) is 24.3. The maximum absolute atomic E-state index is 14.8. The summed E-state index contributed by atoms with van der Waals surface area (Å²) in [4.78, 5) is 306. The number of likely N-dealkylation sites (tertiary alicyclic amines) is 1. The molecule has 2 aromatic heterocycles. The smallest absolute Gasteiger partial charge is 0.246 e. The average molecular weight is 2070 g/mol. The van der Waals surface area contributed by atoms with Crippen LogP contribution >= 0.6 is 0 Å². The molecule has 27 N–H and O–H groups in total. The van der Waals surface area contributed by atoms with Crippen molar-refractivity contribution in [1.82, 2.24) is 126 Å². The zero-order chi connectivity index (χ0) is 111. The highest BCUT2D eigenvalue weighted by Crippen LogP contribution is 2.23. The number of amides is 21. The molecule has 1 aliphatic heterocycles. The Morgan fingerprint density at radius 1 is 0.361 bits per heavy atom. The third-order valence-corrected chi connectivity index (χ3v) is 24.3. The van der Waals surface area contributed by atoms with Gasteiger partial charge >= 0.3 is 0 Å². The van der Waals surface area contributed by atoms with Crippen LogP contribution in [0, 0.1) is 59.2 Å². The predicted molar refractivity (Wildman–Crippen MR) is 539 cm³/mol. The SMILES string of the molecule is CC[C@H](C)[C@H](NC(=O)[C@H](C)NC(=O)[C@@H]1CCCN1C(=O)[C@@H](NC(=O)[C@@H](NC(=O)[C@H](Cc1cnc[nH]1)NC(=O)[C@H](CO)NC(=O)[C@@H](NC(=O)[C@@H](NC(=O)[C@H](CO)NC(=O)CNC(=O)[C@H](CC(C)C)NC(=O)[C@H](CC(C)C)NC(=O)CNC(=O)[C@H](CC(C)C)NC(=O)[C@H](CC(C)C)NC(=O)CN)C(C)C)C(C)C)C(C)C)C(C)C)C(=O)N[C@H](C(=O)NCC(=O)N[C@@H](Cc1cnc[nH]1)C(=O)N[C@@H](Cc1ccccc1)C(N)=O)C(C)C. The van der Waals surface area contributed by atoms with E-state index < -0.39 is 295 Å². The van der Waals surface area contributed by atoms with Gasteiger partial charge in [0.05, 0.1) is 52.0 Å². The topological polar surface area (TPSA) is 740 Å². The highest BCUT2D eigenvalue weighted by molar-refractivity contribution is 6.02. The molecule has 21 amide bonds. The van der Waals surface area contributed by atoms with Crippen molar-refractivity contribution in [3.8, 4) is 0 Å². The molecule has 820 valence electrons. The first-order valence-electron chi connectivity index (χ1n) is 50.2. The van der Waals surface area contributed by atoms with Crippen LogP contribution in [0.3, 0.4) is 0 Å². The lowest BCUT2D eigenvalue weighted by atomic mass is 9.96. The van der Waals surface area contributed by atoms with Crippen LogP contribution in [-0.4, -0.2) is 308 Å². The lowest BCUT2D eigenvalue weighted by Crippen LogP contribution is -2.63. The van der Waals surface area contributed by atoms with Crippen molar-refractivity contribution >= 4 is 124 Å². The Hall–Kier alpha value is -13.6. The number of carbonyl (C=O) groups is 21. The van der Waals surface area contributed by atoms with Crippen molar-refractivity contribution < 1.29 is 111 Å². The minimum Gasteiger partial charge on any atom is -0.394 e. The molecule has 0 unspecified atom stereocenters. The number of H-pyrrole nitrogens is 2. The molecular weight excluding hydrogens is 1910 g/mol. The molecule has 0 radical (unpaired) electrons. The van der Waals surface area contributed by atoms with Gasteiger partial charge in [0.25, 0.3) is 0 Å². The maximum Gasteiger partial charge on any atom is 0.246 e. The Morgan fingerprint density at radius 3 is 1.08 bits per heavy atom. The number of aliphatic hydroxyl groups excluding tert-OH is 2. The summed E-state index contributed by atoms with van der Waals surface area (Å²) in [5, 5.41) is 70.0. The van der Waals surface area contributed by atoms with Gasteiger partial charge in [0, 0.05) is 49.6 Å². The van der Waals surface area contributed by atoms with Gasteiger partial charge in [0.2, 0.25) is 124 Å². The van der Waals surface area contributed by atoms with Crippen LogP contribution in [0.25, 0.3) is 0 Å². The molecule has 1 fully saturated rings. The van der Waals surface area contributed by atoms with Crippen molar-refractivity contribution in [2.24, 2.45) is 70.6 Å². The molecule has 3 heterocycles. The van der Waals surface area contributed by atoms with Crippen LogP contribution in [0.2, 0.25) is 0 Å². The highest BCUT2D eigenvalue weighted by Gasteiger charge is 2.44. The van der Waals surface area contributed by atoms with Crippen LogP contribution in [0.15, 0.2) is 55.4 Å². The fourth-order valence-electron chi connectivity index (χ4n) is 15.8. The second kappa shape index (κ2) is 62.4. The summed E-state index contributed by atoms with van der Waals surface area (Å²) >= 11 is 0. The van der Waals surface area contributed by atoms with Crippen molar-refractivity contribution in [1.29, 1.82) is 0 Å². The molecule has 0 saturated carbocycles. The number of carbonyl (C=O) groups excluding carboxylic acids is 21. The number of rotatable bonds is 63. The van der Waals surface area contributed by atoms with Gasteiger partial charge < -0.3 is 138 Å². The molecule has 0 aliphatic carbocycles. The van der Waals surface area contributed by atoms with Crippen LogP contribution in [0.1, 0.15) is 207 Å². The monoisotopic (exact) mass is 2070 g/mol. The van der Waals surface area contributed by atoms with Gasteiger partial charge in [-0.25, -0.2) is 9.97 Å². The van der Waals surface area contributed by atoms with Gasteiger partial charge in [-0.05, 0) is 110 Å². The predicted octanol–water partition coefficient (Wildman–Crippen LogP) is -4.78. The highest BCUT2D eigenvalue weighted by atomic mass is 16.3. The summed E-state index contributed by atoms with van der Waals surface area (Å²) in [6, 6.07) is -14.3. The Labute approximate surface area is 858 Å². The zero-order valence-electron chi connectivity index (χ0n) is 88.3. The number of nitrogens with one attached hydrogen (secondary N) is 21.